The number of carbonyl (C=O) groups is 1. The van der Waals surface area contributed by atoms with Crippen LogP contribution >= 0.6 is 0 Å². The van der Waals surface area contributed by atoms with Crippen molar-refractivity contribution in [2.24, 2.45) is 10.9 Å². The average molecular weight is 413 g/mol. The molecule has 7 heteroatoms. The Hall–Kier alpha value is -2.57. The molecule has 0 spiro atoms. The van der Waals surface area contributed by atoms with Crippen molar-refractivity contribution in [2.75, 3.05) is 33.7 Å². The number of aliphatic imine (C=N–C) groups is 1. The molecule has 1 fully saturated rings. The summed E-state index contributed by atoms with van der Waals surface area (Å²) in [7, 11) is 3.52. The van der Waals surface area contributed by atoms with Gasteiger partial charge in [0.05, 0.1) is 11.0 Å². The summed E-state index contributed by atoms with van der Waals surface area (Å²) < 4.78 is 2.26. The van der Waals surface area contributed by atoms with Crippen molar-refractivity contribution in [3.05, 3.63) is 30.1 Å². The summed E-state index contributed by atoms with van der Waals surface area (Å²) in [6.45, 7) is 4.83. The van der Waals surface area contributed by atoms with Gasteiger partial charge < -0.3 is 20.1 Å². The van der Waals surface area contributed by atoms with Gasteiger partial charge in [-0.05, 0) is 44.2 Å². The van der Waals surface area contributed by atoms with Crippen LogP contribution in [0.2, 0.25) is 0 Å². The first-order valence-corrected chi connectivity index (χ1v) is 11.2. The minimum absolute atomic E-state index is 0.00859. The number of fused-ring (bicyclic) bond motifs is 1. The Labute approximate surface area is 180 Å². The van der Waals surface area contributed by atoms with Crippen LogP contribution in [0, 0.1) is 12.8 Å². The highest BCUT2D eigenvalue weighted by molar-refractivity contribution is 5.84. The molecule has 3 rings (SSSR count). The van der Waals surface area contributed by atoms with Gasteiger partial charge in [0.1, 0.15) is 12.4 Å². The summed E-state index contributed by atoms with van der Waals surface area (Å²) in [6, 6.07) is 8.25. The average Bonchev–Trinajstić information content (AvgIpc) is 3.07. The fourth-order valence-corrected chi connectivity index (χ4v) is 4.02. The second-order valence-electron chi connectivity index (χ2n) is 8.42. The number of para-hydroxylation sites is 2. The van der Waals surface area contributed by atoms with Crippen LogP contribution in [-0.2, 0) is 11.3 Å². The topological polar surface area (TPSA) is 74.5 Å². The molecular formula is C23H36N6O. The highest BCUT2D eigenvalue weighted by atomic mass is 16.2. The number of aryl methyl sites for hydroxylation is 2. The smallest absolute Gasteiger partial charge is 0.243 e. The van der Waals surface area contributed by atoms with Crippen molar-refractivity contribution in [1.29, 1.82) is 0 Å². The number of nitrogens with zero attached hydrogens (tertiary/aromatic N) is 4. The van der Waals surface area contributed by atoms with Crippen LogP contribution in [0.25, 0.3) is 11.0 Å². The van der Waals surface area contributed by atoms with Gasteiger partial charge in [0.2, 0.25) is 5.91 Å². The van der Waals surface area contributed by atoms with Crippen LogP contribution in [0.4, 0.5) is 0 Å². The van der Waals surface area contributed by atoms with E-state index in [4.69, 9.17) is 0 Å². The number of guanidine groups is 1. The summed E-state index contributed by atoms with van der Waals surface area (Å²) in [5.74, 6) is 2.49. The Kier molecular flexibility index (Phi) is 8.11. The van der Waals surface area contributed by atoms with Crippen LogP contribution in [0.5, 0.6) is 0 Å². The molecule has 2 aromatic rings. The van der Waals surface area contributed by atoms with Gasteiger partial charge in [-0.2, -0.15) is 0 Å². The molecule has 30 heavy (non-hydrogen) atoms. The zero-order valence-electron chi connectivity index (χ0n) is 18.7. The molecule has 1 saturated carbocycles. The predicted molar refractivity (Wildman–Crippen MR) is 123 cm³/mol. The number of likely N-dealkylation sites (N-methyl/N-ethyl adjacent to an activating group) is 1. The van der Waals surface area contributed by atoms with E-state index in [2.05, 4.69) is 50.3 Å². The first kappa shape index (κ1) is 22.1. The Bertz CT molecular complexity index is 850. The maximum atomic E-state index is 12.0. The van der Waals surface area contributed by atoms with Gasteiger partial charge in [-0.25, -0.2) is 9.98 Å². The molecule has 1 aliphatic carbocycles. The van der Waals surface area contributed by atoms with Crippen molar-refractivity contribution in [3.63, 3.8) is 0 Å². The molecule has 2 N–H and O–H groups in total. The molecule has 0 unspecified atom stereocenters. The molecule has 0 saturated heterocycles. The molecule has 0 atom stereocenters. The number of nitrogens with one attached hydrogen (secondary N) is 2. The molecule has 0 aliphatic heterocycles. The number of benzene rings is 1. The summed E-state index contributed by atoms with van der Waals surface area (Å²) in [4.78, 5) is 22.7. The zero-order valence-corrected chi connectivity index (χ0v) is 18.7. The van der Waals surface area contributed by atoms with E-state index >= 15 is 0 Å². The third-order valence-electron chi connectivity index (χ3n) is 5.85. The second-order valence-corrected chi connectivity index (χ2v) is 8.42. The van der Waals surface area contributed by atoms with E-state index in [1.807, 2.05) is 6.07 Å². The number of aromatic nitrogens is 2. The maximum absolute atomic E-state index is 12.0. The molecule has 1 aromatic carbocycles. The lowest BCUT2D eigenvalue weighted by Gasteiger charge is -2.23. The largest absolute Gasteiger partial charge is 0.356 e. The first-order chi connectivity index (χ1) is 14.5. The lowest BCUT2D eigenvalue weighted by atomic mass is 9.89. The minimum Gasteiger partial charge on any atom is -0.356 e. The SMILES string of the molecule is Cc1nc2ccccc2n1CCCNC(=NCC(=O)N(C)C)NCC1CCCCC1. The standard InChI is InChI=1S/C23H36N6O/c1-18-27-20-12-7-8-13-21(20)29(18)15-9-14-24-23(26-17-22(30)28(2)3)25-16-19-10-5-4-6-11-19/h7-8,12-13,19H,4-6,9-11,14-17H2,1-3H3,(H2,24,25,26). The van der Waals surface area contributed by atoms with Crippen molar-refractivity contribution < 1.29 is 4.79 Å². The van der Waals surface area contributed by atoms with Crippen LogP contribution in [-0.4, -0.2) is 60.0 Å². The Balaban J connectivity index is 1.53. The molecule has 0 bridgehead atoms. The Morgan fingerprint density at radius 3 is 2.73 bits per heavy atom. The lowest BCUT2D eigenvalue weighted by molar-refractivity contribution is -0.127. The van der Waals surface area contributed by atoms with Gasteiger partial charge in [-0.1, -0.05) is 31.4 Å². The number of carbonyl (C=O) groups excluding carboxylic acids is 1. The van der Waals surface area contributed by atoms with E-state index < -0.39 is 0 Å². The van der Waals surface area contributed by atoms with Gasteiger partial charge in [-0.3, -0.25) is 4.79 Å². The summed E-state index contributed by atoms with van der Waals surface area (Å²) >= 11 is 0. The third kappa shape index (κ3) is 6.21. The molecule has 1 aliphatic rings. The van der Waals surface area contributed by atoms with Gasteiger partial charge in [-0.15, -0.1) is 0 Å². The van der Waals surface area contributed by atoms with Gasteiger partial charge in [0.25, 0.3) is 0 Å². The molecule has 1 heterocycles. The fraction of sp³-hybridized carbons (Fsp3) is 0.609. The third-order valence-corrected chi connectivity index (χ3v) is 5.85. The van der Waals surface area contributed by atoms with E-state index in [1.165, 1.54) is 37.6 Å². The number of imidazole rings is 1. The number of amides is 1. The Morgan fingerprint density at radius 2 is 1.97 bits per heavy atom. The highest BCUT2D eigenvalue weighted by Gasteiger charge is 2.14. The molecule has 1 aromatic heterocycles. The predicted octanol–water partition coefficient (Wildman–Crippen LogP) is 2.94. The second kappa shape index (κ2) is 11.0. The molecule has 7 nitrogen and oxygen atoms in total. The molecule has 1 amide bonds. The first-order valence-electron chi connectivity index (χ1n) is 11.2. The normalized spacial score (nSPS) is 15.4. The zero-order chi connectivity index (χ0) is 21.3. The summed E-state index contributed by atoms with van der Waals surface area (Å²) in [5.41, 5.74) is 2.22. The summed E-state index contributed by atoms with van der Waals surface area (Å²) in [6.07, 6.45) is 7.52. The van der Waals surface area contributed by atoms with Crippen molar-refractivity contribution in [3.8, 4) is 0 Å². The highest BCUT2D eigenvalue weighted by Crippen LogP contribution is 2.22. The van der Waals surface area contributed by atoms with Crippen molar-refractivity contribution >= 4 is 22.9 Å². The van der Waals surface area contributed by atoms with Crippen molar-refractivity contribution in [1.82, 2.24) is 25.1 Å². The van der Waals surface area contributed by atoms with Crippen molar-refractivity contribution in [2.45, 2.75) is 52.0 Å². The minimum atomic E-state index is 0.00859. The Morgan fingerprint density at radius 1 is 1.20 bits per heavy atom. The number of hydrogen-bond donors (Lipinski definition) is 2. The quantitative estimate of drug-likeness (QED) is 0.397. The van der Waals surface area contributed by atoms with Crippen LogP contribution in [0.3, 0.4) is 0 Å². The summed E-state index contributed by atoms with van der Waals surface area (Å²) in [5, 5.41) is 6.89. The van der Waals surface area contributed by atoms with E-state index in [-0.39, 0.29) is 12.5 Å². The fourth-order valence-electron chi connectivity index (χ4n) is 4.02. The molecule has 0 radical (unpaired) electrons. The van der Waals surface area contributed by atoms with Gasteiger partial charge in [0, 0.05) is 33.7 Å². The van der Waals surface area contributed by atoms with E-state index in [1.54, 1.807) is 19.0 Å². The lowest BCUT2D eigenvalue weighted by Crippen LogP contribution is -2.41. The van der Waals surface area contributed by atoms with E-state index in [0.29, 0.717) is 5.92 Å². The van der Waals surface area contributed by atoms with E-state index in [0.717, 1.165) is 43.4 Å². The van der Waals surface area contributed by atoms with Crippen LogP contribution < -0.4 is 10.6 Å². The molecule has 164 valence electrons. The van der Waals surface area contributed by atoms with Gasteiger partial charge in [0.15, 0.2) is 5.96 Å². The monoisotopic (exact) mass is 412 g/mol. The maximum Gasteiger partial charge on any atom is 0.243 e. The van der Waals surface area contributed by atoms with E-state index in [9.17, 15) is 4.79 Å². The van der Waals surface area contributed by atoms with Crippen LogP contribution in [0.1, 0.15) is 44.3 Å². The molecular weight excluding hydrogens is 376 g/mol. The van der Waals surface area contributed by atoms with Gasteiger partial charge >= 0.3 is 0 Å². The number of rotatable bonds is 8. The number of hydrogen-bond acceptors (Lipinski definition) is 3. The van der Waals surface area contributed by atoms with Crippen LogP contribution in [0.15, 0.2) is 29.3 Å².